The van der Waals surface area contributed by atoms with Gasteiger partial charge in [-0.2, -0.15) is 0 Å². The Kier molecular flexibility index (Phi) is 5.30. The Labute approximate surface area is 112 Å². The Morgan fingerprint density at radius 3 is 2.65 bits per heavy atom. The Morgan fingerprint density at radius 2 is 2.20 bits per heavy atom. The van der Waals surface area contributed by atoms with Crippen LogP contribution in [0.25, 0.3) is 0 Å². The predicted octanol–water partition coefficient (Wildman–Crippen LogP) is 2.04. The SMILES string of the molecule is CCOC(=O)Cc1cc(OC)c(C(F)F)c([N+](=O)[O-])n1. The Morgan fingerprint density at radius 1 is 1.55 bits per heavy atom. The highest BCUT2D eigenvalue weighted by Gasteiger charge is 2.30. The first-order valence-electron chi connectivity index (χ1n) is 5.56. The van der Waals surface area contributed by atoms with E-state index in [-0.39, 0.29) is 24.5 Å². The topological polar surface area (TPSA) is 91.6 Å². The van der Waals surface area contributed by atoms with E-state index in [4.69, 9.17) is 4.74 Å². The van der Waals surface area contributed by atoms with Crippen LogP contribution in [0, 0.1) is 10.1 Å². The largest absolute Gasteiger partial charge is 0.496 e. The number of pyridine rings is 1. The predicted molar refractivity (Wildman–Crippen MR) is 62.7 cm³/mol. The summed E-state index contributed by atoms with van der Waals surface area (Å²) in [5, 5.41) is 10.8. The van der Waals surface area contributed by atoms with Crippen molar-refractivity contribution in [2.75, 3.05) is 13.7 Å². The summed E-state index contributed by atoms with van der Waals surface area (Å²) in [5.74, 6) is -2.08. The van der Waals surface area contributed by atoms with Crippen molar-refractivity contribution in [3.63, 3.8) is 0 Å². The monoisotopic (exact) mass is 290 g/mol. The number of hydrogen-bond acceptors (Lipinski definition) is 6. The second-order valence-electron chi connectivity index (χ2n) is 3.59. The van der Waals surface area contributed by atoms with E-state index in [1.165, 1.54) is 0 Å². The number of alkyl halides is 2. The summed E-state index contributed by atoms with van der Waals surface area (Å²) >= 11 is 0. The molecule has 0 atom stereocenters. The van der Waals surface area contributed by atoms with Gasteiger partial charge in [0.25, 0.3) is 6.43 Å². The van der Waals surface area contributed by atoms with E-state index < -0.39 is 28.7 Å². The number of esters is 1. The summed E-state index contributed by atoms with van der Waals surface area (Å²) in [7, 11) is 1.10. The summed E-state index contributed by atoms with van der Waals surface area (Å²) < 4.78 is 35.0. The van der Waals surface area contributed by atoms with Crippen molar-refractivity contribution >= 4 is 11.8 Å². The molecule has 0 aliphatic carbocycles. The molecule has 0 fully saturated rings. The van der Waals surface area contributed by atoms with Gasteiger partial charge in [-0.1, -0.05) is 0 Å². The first-order valence-corrected chi connectivity index (χ1v) is 5.56. The zero-order valence-corrected chi connectivity index (χ0v) is 10.8. The lowest BCUT2D eigenvalue weighted by atomic mass is 10.2. The maximum atomic E-state index is 12.8. The normalized spacial score (nSPS) is 10.4. The van der Waals surface area contributed by atoms with Crippen molar-refractivity contribution in [1.29, 1.82) is 0 Å². The van der Waals surface area contributed by atoms with Gasteiger partial charge in [-0.25, -0.2) is 8.78 Å². The van der Waals surface area contributed by atoms with Crippen LogP contribution < -0.4 is 4.74 Å². The van der Waals surface area contributed by atoms with E-state index in [0.717, 1.165) is 13.2 Å². The van der Waals surface area contributed by atoms with E-state index in [9.17, 15) is 23.7 Å². The molecule has 0 unspecified atom stereocenters. The first-order chi connectivity index (χ1) is 9.40. The first kappa shape index (κ1) is 15.7. The molecule has 20 heavy (non-hydrogen) atoms. The number of aromatic nitrogens is 1. The van der Waals surface area contributed by atoms with Gasteiger partial charge < -0.3 is 19.6 Å². The average molecular weight is 290 g/mol. The summed E-state index contributed by atoms with van der Waals surface area (Å²) in [6, 6.07) is 1.06. The van der Waals surface area contributed by atoms with Gasteiger partial charge in [-0.3, -0.25) is 4.79 Å². The fraction of sp³-hybridized carbons (Fsp3) is 0.455. The van der Waals surface area contributed by atoms with Crippen molar-refractivity contribution < 1.29 is 28.0 Å². The molecule has 0 amide bonds. The third-order valence-corrected chi connectivity index (χ3v) is 2.30. The molecule has 110 valence electrons. The summed E-state index contributed by atoms with van der Waals surface area (Å²) in [4.78, 5) is 24.5. The number of ether oxygens (including phenoxy) is 2. The zero-order chi connectivity index (χ0) is 15.3. The highest BCUT2D eigenvalue weighted by Crippen LogP contribution is 2.36. The molecule has 1 aromatic rings. The molecule has 0 aliphatic heterocycles. The number of carbonyl (C=O) groups is 1. The van der Waals surface area contributed by atoms with Crippen molar-refractivity contribution in [3.05, 3.63) is 27.4 Å². The molecule has 0 aromatic carbocycles. The third kappa shape index (κ3) is 3.59. The fourth-order valence-corrected chi connectivity index (χ4v) is 1.53. The highest BCUT2D eigenvalue weighted by molar-refractivity contribution is 5.72. The van der Waals surface area contributed by atoms with Gasteiger partial charge in [0, 0.05) is 6.07 Å². The van der Waals surface area contributed by atoms with Crippen molar-refractivity contribution in [2.45, 2.75) is 19.8 Å². The van der Waals surface area contributed by atoms with Gasteiger partial charge in [0.15, 0.2) is 11.3 Å². The van der Waals surface area contributed by atoms with Crippen LogP contribution in [-0.4, -0.2) is 29.6 Å². The molecule has 0 aliphatic rings. The summed E-state index contributed by atoms with van der Waals surface area (Å²) in [6.45, 7) is 1.72. The molecule has 1 heterocycles. The standard InChI is InChI=1S/C11H12F2N2O5/c1-3-20-8(16)5-6-4-7(19-2)9(10(12)13)11(14-6)15(17)18/h4,10H,3,5H2,1-2H3. The van der Waals surface area contributed by atoms with E-state index in [1.54, 1.807) is 6.92 Å². The van der Waals surface area contributed by atoms with Crippen molar-refractivity contribution in [1.82, 2.24) is 4.98 Å². The average Bonchev–Trinajstić information content (AvgIpc) is 2.37. The number of halogens is 2. The van der Waals surface area contributed by atoms with Crippen LogP contribution in [0.4, 0.5) is 14.6 Å². The van der Waals surface area contributed by atoms with Gasteiger partial charge in [0.05, 0.1) is 13.7 Å². The molecule has 0 spiro atoms. The van der Waals surface area contributed by atoms with Crippen LogP contribution in [0.5, 0.6) is 5.75 Å². The molecule has 7 nitrogen and oxygen atoms in total. The molecular weight excluding hydrogens is 278 g/mol. The van der Waals surface area contributed by atoms with Crippen molar-refractivity contribution in [2.24, 2.45) is 0 Å². The number of nitrogens with zero attached hydrogens (tertiary/aromatic N) is 2. The minimum absolute atomic E-state index is 0.0728. The van der Waals surface area contributed by atoms with Crippen LogP contribution >= 0.6 is 0 Å². The van der Waals surface area contributed by atoms with Crippen LogP contribution in [-0.2, 0) is 16.0 Å². The van der Waals surface area contributed by atoms with Crippen LogP contribution in [0.15, 0.2) is 6.07 Å². The second-order valence-corrected chi connectivity index (χ2v) is 3.59. The molecule has 0 saturated carbocycles. The molecular formula is C11H12F2N2O5. The molecule has 0 N–H and O–H groups in total. The molecule has 0 saturated heterocycles. The summed E-state index contributed by atoms with van der Waals surface area (Å²) in [5.41, 5.74) is -0.985. The van der Waals surface area contributed by atoms with E-state index >= 15 is 0 Å². The van der Waals surface area contributed by atoms with E-state index in [1.807, 2.05) is 0 Å². The Balaban J connectivity index is 3.26. The van der Waals surface area contributed by atoms with Crippen molar-refractivity contribution in [3.8, 4) is 5.75 Å². The smallest absolute Gasteiger partial charge is 0.376 e. The number of carbonyl (C=O) groups excluding carboxylic acids is 1. The van der Waals surface area contributed by atoms with E-state index in [0.29, 0.717) is 0 Å². The highest BCUT2D eigenvalue weighted by atomic mass is 19.3. The third-order valence-electron chi connectivity index (χ3n) is 2.30. The van der Waals surface area contributed by atoms with Gasteiger partial charge >= 0.3 is 11.8 Å². The molecule has 0 radical (unpaired) electrons. The van der Waals surface area contributed by atoms with Crippen LogP contribution in [0.1, 0.15) is 24.6 Å². The van der Waals surface area contributed by atoms with Gasteiger partial charge in [-0.05, 0) is 16.8 Å². The zero-order valence-electron chi connectivity index (χ0n) is 10.8. The molecule has 1 aromatic heterocycles. The molecule has 9 heteroatoms. The second kappa shape index (κ2) is 6.73. The van der Waals surface area contributed by atoms with Gasteiger partial charge in [0.2, 0.25) is 0 Å². The molecule has 1 rings (SSSR count). The minimum atomic E-state index is -3.12. The van der Waals surface area contributed by atoms with Crippen LogP contribution in [0.3, 0.4) is 0 Å². The Bertz CT molecular complexity index is 522. The van der Waals surface area contributed by atoms with Crippen LogP contribution in [0.2, 0.25) is 0 Å². The number of methoxy groups -OCH3 is 1. The lowest BCUT2D eigenvalue weighted by molar-refractivity contribution is -0.391. The number of hydrogen-bond donors (Lipinski definition) is 0. The Hall–Kier alpha value is -2.32. The lowest BCUT2D eigenvalue weighted by Crippen LogP contribution is -2.11. The number of nitro groups is 1. The summed E-state index contributed by atoms with van der Waals surface area (Å²) in [6.07, 6.45) is -3.48. The molecule has 0 bridgehead atoms. The quantitative estimate of drug-likeness (QED) is 0.452. The van der Waals surface area contributed by atoms with E-state index in [2.05, 4.69) is 9.72 Å². The fourth-order valence-electron chi connectivity index (χ4n) is 1.53. The lowest BCUT2D eigenvalue weighted by Gasteiger charge is -2.08. The minimum Gasteiger partial charge on any atom is -0.496 e. The number of rotatable bonds is 6. The van der Waals surface area contributed by atoms with Gasteiger partial charge in [-0.15, -0.1) is 0 Å². The maximum Gasteiger partial charge on any atom is 0.376 e. The maximum absolute atomic E-state index is 12.8. The van der Waals surface area contributed by atoms with Gasteiger partial charge in [0.1, 0.15) is 12.2 Å².